The Morgan fingerprint density at radius 3 is 1.93 bits per heavy atom. The molecule has 0 atom stereocenters. The van der Waals surface area contributed by atoms with Gasteiger partial charge in [0.1, 0.15) is 0 Å². The van der Waals surface area contributed by atoms with E-state index in [0.29, 0.717) is 11.1 Å². The van der Waals surface area contributed by atoms with Gasteiger partial charge in [0, 0.05) is 5.57 Å². The molecule has 0 radical (unpaired) electrons. The third-order valence-electron chi connectivity index (χ3n) is 1.88. The highest BCUT2D eigenvalue weighted by molar-refractivity contribution is 5.96. The molecule has 80 valence electrons. The summed E-state index contributed by atoms with van der Waals surface area (Å²) < 4.78 is 0. The van der Waals surface area contributed by atoms with Gasteiger partial charge >= 0.3 is 0 Å². The highest BCUT2D eigenvalue weighted by atomic mass is 16.1. The summed E-state index contributed by atoms with van der Waals surface area (Å²) in [7, 11) is 0. The lowest BCUT2D eigenvalue weighted by Crippen LogP contribution is -1.94. The van der Waals surface area contributed by atoms with Gasteiger partial charge in [0.05, 0.1) is 0 Å². The van der Waals surface area contributed by atoms with Crippen LogP contribution in [-0.2, 0) is 9.59 Å². The van der Waals surface area contributed by atoms with E-state index >= 15 is 0 Å². The van der Waals surface area contributed by atoms with Crippen LogP contribution in [0.2, 0.25) is 0 Å². The van der Waals surface area contributed by atoms with Crippen molar-refractivity contribution in [3.05, 3.63) is 48.1 Å². The first-order valence-electron chi connectivity index (χ1n) is 4.61. The molecule has 0 bridgehead atoms. The predicted molar refractivity (Wildman–Crippen MR) is 62.5 cm³/mol. The number of hydrogen-bond donors (Lipinski definition) is 0. The molecule has 0 saturated heterocycles. The van der Waals surface area contributed by atoms with Crippen LogP contribution in [0.25, 0.3) is 0 Å². The molecule has 0 aromatic carbocycles. The van der Waals surface area contributed by atoms with Crippen molar-refractivity contribution in [3.63, 3.8) is 0 Å². The third-order valence-corrected chi connectivity index (χ3v) is 1.88. The zero-order valence-corrected chi connectivity index (χ0v) is 9.46. The quantitative estimate of drug-likeness (QED) is 0.509. The summed E-state index contributed by atoms with van der Waals surface area (Å²) in [5.41, 5.74) is 1.90. The van der Waals surface area contributed by atoms with Crippen molar-refractivity contribution < 1.29 is 9.59 Å². The lowest BCUT2D eigenvalue weighted by molar-refractivity contribution is -0.113. The predicted octanol–water partition coefficient (Wildman–Crippen LogP) is 2.78. The first-order chi connectivity index (χ1) is 6.88. The first kappa shape index (κ1) is 13.3. The molecule has 0 rings (SSSR count). The third kappa shape index (κ3) is 4.91. The molecular weight excluding hydrogens is 188 g/mol. The van der Waals surface area contributed by atoms with Gasteiger partial charge in [-0.1, -0.05) is 19.2 Å². The summed E-state index contributed by atoms with van der Waals surface area (Å²) in [4.78, 5) is 21.9. The fourth-order valence-electron chi connectivity index (χ4n) is 1.00. The smallest absolute Gasteiger partial charge is 0.159 e. The van der Waals surface area contributed by atoms with E-state index in [-0.39, 0.29) is 11.6 Å². The summed E-state index contributed by atoms with van der Waals surface area (Å²) in [5.74, 6) is -0.105. The van der Waals surface area contributed by atoms with Crippen LogP contribution >= 0.6 is 0 Å². The van der Waals surface area contributed by atoms with E-state index in [1.165, 1.54) is 26.0 Å². The molecule has 0 aromatic rings. The lowest BCUT2D eigenvalue weighted by atomic mass is 10.0. The Morgan fingerprint density at radius 2 is 1.60 bits per heavy atom. The lowest BCUT2D eigenvalue weighted by Gasteiger charge is -2.01. The molecule has 0 fully saturated rings. The molecule has 0 aliphatic carbocycles. The molecule has 0 unspecified atom stereocenters. The topological polar surface area (TPSA) is 34.1 Å². The maximum atomic E-state index is 11.1. The summed E-state index contributed by atoms with van der Waals surface area (Å²) in [6.07, 6.45) is 4.60. The van der Waals surface area contributed by atoms with Crippen LogP contribution < -0.4 is 0 Å². The maximum absolute atomic E-state index is 11.1. The van der Waals surface area contributed by atoms with Crippen LogP contribution in [0.15, 0.2) is 48.1 Å². The van der Waals surface area contributed by atoms with E-state index < -0.39 is 0 Å². The van der Waals surface area contributed by atoms with Crippen LogP contribution in [-0.4, -0.2) is 11.6 Å². The summed E-state index contributed by atoms with van der Waals surface area (Å²) in [5, 5.41) is 0. The molecule has 0 aromatic heterocycles. The first-order valence-corrected chi connectivity index (χ1v) is 4.61. The Balaban J connectivity index is 4.96. The molecule has 0 spiro atoms. The van der Waals surface area contributed by atoms with Gasteiger partial charge < -0.3 is 0 Å². The number of carbonyl (C=O) groups is 2. The standard InChI is InChI=1S/C13H16O2/c1-6-13(12(5)15)8-10(3)9(2)7-11(4)14/h6-8H,1,3H2,2,4-5H3/b9-7-,13-8+. The summed E-state index contributed by atoms with van der Waals surface area (Å²) in [6.45, 7) is 12.0. The van der Waals surface area contributed by atoms with Gasteiger partial charge in [-0.05, 0) is 44.1 Å². The van der Waals surface area contributed by atoms with Gasteiger partial charge in [-0.2, -0.15) is 0 Å². The Bertz CT molecular complexity index is 368. The highest BCUT2D eigenvalue weighted by Gasteiger charge is 2.01. The molecule has 0 heterocycles. The molecule has 2 heteroatoms. The number of ketones is 2. The van der Waals surface area contributed by atoms with E-state index in [1.54, 1.807) is 13.0 Å². The number of rotatable bonds is 5. The molecule has 2 nitrogen and oxygen atoms in total. The fourth-order valence-corrected chi connectivity index (χ4v) is 1.00. The average Bonchev–Trinajstić information content (AvgIpc) is 2.11. The molecule has 0 aliphatic rings. The van der Waals surface area contributed by atoms with Crippen molar-refractivity contribution in [2.75, 3.05) is 0 Å². The summed E-state index contributed by atoms with van der Waals surface area (Å²) in [6, 6.07) is 0. The number of hydrogen-bond acceptors (Lipinski definition) is 2. The van der Waals surface area contributed by atoms with E-state index in [0.717, 1.165) is 5.57 Å². The number of carbonyl (C=O) groups excluding carboxylic acids is 2. The van der Waals surface area contributed by atoms with Crippen LogP contribution in [0.4, 0.5) is 0 Å². The zero-order valence-electron chi connectivity index (χ0n) is 9.46. The van der Waals surface area contributed by atoms with Gasteiger partial charge in [-0.15, -0.1) is 0 Å². The Kier molecular flexibility index (Phi) is 5.24. The minimum atomic E-state index is -0.0678. The van der Waals surface area contributed by atoms with Gasteiger partial charge in [0.25, 0.3) is 0 Å². The zero-order chi connectivity index (χ0) is 12.0. The van der Waals surface area contributed by atoms with Crippen molar-refractivity contribution in [1.82, 2.24) is 0 Å². The van der Waals surface area contributed by atoms with Crippen LogP contribution in [0, 0.1) is 0 Å². The molecule has 15 heavy (non-hydrogen) atoms. The fraction of sp³-hybridized carbons (Fsp3) is 0.231. The minimum Gasteiger partial charge on any atom is -0.295 e. The molecule has 0 aliphatic heterocycles. The van der Waals surface area contributed by atoms with Crippen molar-refractivity contribution in [1.29, 1.82) is 0 Å². The van der Waals surface area contributed by atoms with Gasteiger partial charge in [0.2, 0.25) is 0 Å². The van der Waals surface area contributed by atoms with Crippen molar-refractivity contribution >= 4 is 11.6 Å². The van der Waals surface area contributed by atoms with Crippen LogP contribution in [0.3, 0.4) is 0 Å². The normalized spacial score (nSPS) is 12.2. The number of Topliss-reactive ketones (excluding diaryl/α,β-unsaturated/α-hetero) is 1. The van der Waals surface area contributed by atoms with E-state index in [1.807, 2.05) is 0 Å². The Morgan fingerprint density at radius 1 is 1.07 bits per heavy atom. The monoisotopic (exact) mass is 204 g/mol. The second-order valence-corrected chi connectivity index (χ2v) is 3.32. The average molecular weight is 204 g/mol. The van der Waals surface area contributed by atoms with Gasteiger partial charge in [-0.3, -0.25) is 9.59 Å². The van der Waals surface area contributed by atoms with E-state index in [4.69, 9.17) is 0 Å². The van der Waals surface area contributed by atoms with Crippen molar-refractivity contribution in [3.8, 4) is 0 Å². The second kappa shape index (κ2) is 5.91. The largest absolute Gasteiger partial charge is 0.295 e. The molecular formula is C13H16O2. The molecule has 0 saturated carbocycles. The van der Waals surface area contributed by atoms with Crippen molar-refractivity contribution in [2.24, 2.45) is 0 Å². The minimum absolute atomic E-state index is 0.0370. The Labute approximate surface area is 90.7 Å². The van der Waals surface area contributed by atoms with Crippen molar-refractivity contribution in [2.45, 2.75) is 20.8 Å². The second-order valence-electron chi connectivity index (χ2n) is 3.32. The van der Waals surface area contributed by atoms with Crippen LogP contribution in [0.5, 0.6) is 0 Å². The SMILES string of the molecule is C=C/C(=C\C(=C)/C(C)=C\C(C)=O)C(C)=O. The van der Waals surface area contributed by atoms with Gasteiger partial charge in [0.15, 0.2) is 11.6 Å². The van der Waals surface area contributed by atoms with E-state index in [9.17, 15) is 9.59 Å². The maximum Gasteiger partial charge on any atom is 0.159 e. The highest BCUT2D eigenvalue weighted by Crippen LogP contribution is 2.12. The van der Waals surface area contributed by atoms with Gasteiger partial charge in [-0.25, -0.2) is 0 Å². The molecule has 0 N–H and O–H groups in total. The number of allylic oxidation sites excluding steroid dienone is 6. The summed E-state index contributed by atoms with van der Waals surface area (Å²) >= 11 is 0. The Hall–Kier alpha value is -1.70. The van der Waals surface area contributed by atoms with E-state index in [2.05, 4.69) is 13.2 Å². The molecule has 0 amide bonds. The van der Waals surface area contributed by atoms with Crippen LogP contribution in [0.1, 0.15) is 20.8 Å².